The van der Waals surface area contributed by atoms with Crippen molar-refractivity contribution >= 4 is 80.3 Å². The molecule has 0 aromatic heterocycles. The van der Waals surface area contributed by atoms with E-state index in [1.165, 1.54) is 38.9 Å². The van der Waals surface area contributed by atoms with Crippen LogP contribution >= 0.6 is 0 Å². The Morgan fingerprint density at radius 1 is 0.255 bits per heavy atom. The summed E-state index contributed by atoms with van der Waals surface area (Å²) in [5, 5.41) is 0. The molecule has 4 aliphatic heterocycles. The van der Waals surface area contributed by atoms with Gasteiger partial charge in [0.1, 0.15) is 46.0 Å². The van der Waals surface area contributed by atoms with Gasteiger partial charge in [-0.2, -0.15) is 0 Å². The van der Waals surface area contributed by atoms with E-state index in [0.717, 1.165) is 157 Å². The highest BCUT2D eigenvalue weighted by molar-refractivity contribution is 6.99. The normalized spacial score (nSPS) is 13.1. The minimum absolute atomic E-state index is 0.00974. The fraction of sp³-hybridized carbons (Fsp3) is 0.176. The number of hydrogen-bond donors (Lipinski definition) is 0. The molecule has 6 nitrogen and oxygen atoms in total. The molecular weight excluding hydrogens is 1340 g/mol. The lowest BCUT2D eigenvalue weighted by Crippen LogP contribution is -2.57. The maximum atomic E-state index is 7.44. The van der Waals surface area contributed by atoms with Gasteiger partial charge in [0, 0.05) is 57.9 Å². The molecule has 0 saturated heterocycles. The quantitative estimate of drug-likeness (QED) is 0.114. The maximum Gasteiger partial charge on any atom is 0.260 e. The van der Waals surface area contributed by atoms with Crippen molar-refractivity contribution in [3.05, 3.63) is 336 Å². The van der Waals surface area contributed by atoms with Crippen molar-refractivity contribution in [2.45, 2.75) is 118 Å². The zero-order valence-electron chi connectivity index (χ0n) is 65.2. The fourth-order valence-corrected chi connectivity index (χ4v) is 16.8. The van der Waals surface area contributed by atoms with Crippen molar-refractivity contribution in [3.63, 3.8) is 0 Å². The lowest BCUT2D eigenvalue weighted by molar-refractivity contribution is 0.464. The molecule has 110 heavy (non-hydrogen) atoms. The van der Waals surface area contributed by atoms with Crippen LogP contribution in [0.2, 0.25) is 0 Å². The number of anilines is 6. The zero-order chi connectivity index (χ0) is 75.7. The maximum absolute atomic E-state index is 7.44. The fourth-order valence-electron chi connectivity index (χ4n) is 16.8. The zero-order valence-corrected chi connectivity index (χ0v) is 65.2. The van der Waals surface area contributed by atoms with E-state index in [-0.39, 0.29) is 35.1 Å². The molecule has 0 fully saturated rings. The summed E-state index contributed by atoms with van der Waals surface area (Å²) in [4.78, 5) is 4.65. The number of hydrogen-bond acceptors (Lipinski definition) is 6. The highest BCUT2D eigenvalue weighted by Gasteiger charge is 2.44. The van der Waals surface area contributed by atoms with Gasteiger partial charge in [-0.3, -0.25) is 0 Å². The number of fused-ring (bicyclic) bond motifs is 8. The van der Waals surface area contributed by atoms with Crippen LogP contribution in [0.15, 0.2) is 297 Å². The summed E-state index contributed by atoms with van der Waals surface area (Å²) in [6.45, 7) is 29.3. The minimum atomic E-state index is -0.172. The number of aryl methyl sites for hydroxylation is 1. The van der Waals surface area contributed by atoms with E-state index in [9.17, 15) is 0 Å². The molecule has 0 bridgehead atoms. The molecule has 0 N–H and O–H groups in total. The Hall–Kier alpha value is -12.0. The molecule has 0 atom stereocenters. The van der Waals surface area contributed by atoms with Gasteiger partial charge < -0.3 is 28.7 Å². The molecule has 0 aliphatic carbocycles. The van der Waals surface area contributed by atoms with E-state index >= 15 is 0 Å². The Labute approximate surface area is 649 Å². The molecule has 18 rings (SSSR count). The van der Waals surface area contributed by atoms with Crippen molar-refractivity contribution in [1.82, 2.24) is 0 Å². The Kier molecular flexibility index (Phi) is 16.9. The molecule has 0 amide bonds. The lowest BCUT2D eigenvalue weighted by Gasteiger charge is -2.35. The van der Waals surface area contributed by atoms with E-state index in [4.69, 9.17) is 18.9 Å². The van der Waals surface area contributed by atoms with Gasteiger partial charge in [-0.25, -0.2) is 0 Å². The number of nitrogens with zero attached hydrogens (tertiary/aromatic N) is 2. The van der Waals surface area contributed by atoms with Crippen LogP contribution in [0.3, 0.4) is 0 Å². The molecule has 0 saturated carbocycles. The monoisotopic (exact) mass is 1430 g/mol. The Morgan fingerprint density at radius 3 is 1.01 bits per heavy atom. The van der Waals surface area contributed by atoms with Crippen molar-refractivity contribution in [2.75, 3.05) is 9.80 Å². The second kappa shape index (κ2) is 26.7. The second-order valence-electron chi connectivity index (χ2n) is 34.6. The van der Waals surface area contributed by atoms with Crippen LogP contribution < -0.4 is 61.5 Å². The minimum Gasteiger partial charge on any atom is -0.458 e. The lowest BCUT2D eigenvalue weighted by atomic mass is 9.34. The van der Waals surface area contributed by atoms with Crippen molar-refractivity contribution < 1.29 is 18.9 Å². The number of rotatable bonds is 12. The Bertz CT molecular complexity index is 5810. The highest BCUT2D eigenvalue weighted by atomic mass is 16.5. The Balaban J connectivity index is 0.743. The van der Waals surface area contributed by atoms with E-state index < -0.39 is 0 Å². The van der Waals surface area contributed by atoms with Gasteiger partial charge in [0.25, 0.3) is 13.4 Å². The summed E-state index contributed by atoms with van der Waals surface area (Å²) in [5.74, 6) is 6.42. The number of benzene rings is 14. The van der Waals surface area contributed by atoms with Gasteiger partial charge in [0.15, 0.2) is 0 Å². The van der Waals surface area contributed by atoms with Crippen LogP contribution in [0, 0.1) is 6.92 Å². The first-order valence-electron chi connectivity index (χ1n) is 38.8. The first kappa shape index (κ1) is 69.7. The number of para-hydroxylation sites is 3. The molecule has 8 heteroatoms. The van der Waals surface area contributed by atoms with Crippen LogP contribution in [0.1, 0.15) is 122 Å². The van der Waals surface area contributed by atoms with Gasteiger partial charge in [0.05, 0.1) is 11.4 Å². The van der Waals surface area contributed by atoms with E-state index in [1.54, 1.807) is 0 Å². The molecule has 0 radical (unpaired) electrons. The van der Waals surface area contributed by atoms with Crippen molar-refractivity contribution in [2.24, 2.45) is 0 Å². The van der Waals surface area contributed by atoms with Gasteiger partial charge in [0.2, 0.25) is 0 Å². The summed E-state index contributed by atoms with van der Waals surface area (Å²) in [7, 11) is 0. The van der Waals surface area contributed by atoms with E-state index in [1.807, 2.05) is 0 Å². The summed E-state index contributed by atoms with van der Waals surface area (Å²) in [6, 6.07) is 109. The van der Waals surface area contributed by atoms with Crippen molar-refractivity contribution in [1.29, 1.82) is 0 Å². The highest BCUT2D eigenvalue weighted by Crippen LogP contribution is 2.48. The van der Waals surface area contributed by atoms with Gasteiger partial charge in [-0.15, -0.1) is 0 Å². The summed E-state index contributed by atoms with van der Waals surface area (Å²) in [5.41, 5.74) is 30.0. The molecule has 4 heterocycles. The smallest absolute Gasteiger partial charge is 0.260 e. The topological polar surface area (TPSA) is 43.4 Å². The predicted molar refractivity (Wildman–Crippen MR) is 462 cm³/mol. The first-order valence-corrected chi connectivity index (χ1v) is 38.8. The van der Waals surface area contributed by atoms with Gasteiger partial charge in [-0.1, -0.05) is 283 Å². The van der Waals surface area contributed by atoms with Crippen molar-refractivity contribution in [3.8, 4) is 90.5 Å². The van der Waals surface area contributed by atoms with Gasteiger partial charge in [-0.05, 0) is 213 Å². The molecule has 0 spiro atoms. The first-order chi connectivity index (χ1) is 52.9. The molecule has 4 aliphatic rings. The van der Waals surface area contributed by atoms with Crippen LogP contribution in [0.4, 0.5) is 34.1 Å². The van der Waals surface area contributed by atoms with Crippen LogP contribution in [0.5, 0.6) is 46.0 Å². The predicted octanol–water partition coefficient (Wildman–Crippen LogP) is 23.8. The van der Waals surface area contributed by atoms with Crippen LogP contribution in [-0.4, -0.2) is 13.4 Å². The van der Waals surface area contributed by atoms with E-state index in [2.05, 4.69) is 397 Å². The SMILES string of the molecule is Cc1ccc(C(C)(C)C)cc1-c1ccc2c(c1)Oc1cc(N(c3ccccc3)c3ccccc3)cc3c1B2c1ccc(-c2cc(C(C)(C)C)ccc2Cc2cccc(N(c4ccccc4)c4cc5c6c(c4)Oc4cc(-c7cccc(C(C)(C)C)c7)ccc4B6c4ccc(-c6cccc(C(C)(C)C)c6)cc4O5)c2)cc1O3. The largest absolute Gasteiger partial charge is 0.458 e. The summed E-state index contributed by atoms with van der Waals surface area (Å²) in [6.07, 6.45) is 0.658. The standard InChI is InChI=1S/C102H90B2N2O4/c1-64-38-44-75(101(8,9)10)58-83(64)71-42-48-87-91(56-71)109-93-60-81(105(77-31-17-14-18-32-77)78-33-19-15-20-34-78)61-94-97(93)104(87)88-49-43-72(57-92(88)110-94)84-59-76(102(11,12)13)45-39-70(84)50-65-26-23-37-80(51-65)106(79-35-21-16-22-36-79)82-62-95-98-96(63-82)108-90-55-69(67-28-25-30-74(53-67)100(5,6)7)41-47-86(90)103(98)85-46-40-68(54-89(85)107-95)66-27-24-29-73(52-66)99(2,3)4/h14-49,51-63H,50H2,1-13H3. The average Bonchev–Trinajstić information content (AvgIpc) is 0.722. The van der Waals surface area contributed by atoms with Crippen LogP contribution in [0.25, 0.3) is 44.5 Å². The number of ether oxygens (including phenoxy) is 4. The third-order valence-corrected chi connectivity index (χ3v) is 22.9. The molecular formula is C102H90B2N2O4. The molecule has 538 valence electrons. The van der Waals surface area contributed by atoms with Crippen LogP contribution in [-0.2, 0) is 28.1 Å². The average molecular weight is 1430 g/mol. The van der Waals surface area contributed by atoms with Gasteiger partial charge >= 0.3 is 0 Å². The summed E-state index contributed by atoms with van der Waals surface area (Å²) >= 11 is 0. The van der Waals surface area contributed by atoms with E-state index in [0.29, 0.717) is 6.42 Å². The molecule has 14 aromatic carbocycles. The molecule has 0 unspecified atom stereocenters. The Morgan fingerprint density at radius 2 is 0.591 bits per heavy atom. The summed E-state index contributed by atoms with van der Waals surface area (Å²) < 4.78 is 29.4. The third kappa shape index (κ3) is 12.8. The second-order valence-corrected chi connectivity index (χ2v) is 34.6. The molecule has 14 aromatic rings. The third-order valence-electron chi connectivity index (χ3n) is 22.9.